The summed E-state index contributed by atoms with van der Waals surface area (Å²) in [5.74, 6) is 2.13. The quantitative estimate of drug-likeness (QED) is 0.322. The van der Waals surface area contributed by atoms with Crippen LogP contribution in [0.2, 0.25) is 0 Å². The highest BCUT2D eigenvalue weighted by Gasteiger charge is 2.46. The summed E-state index contributed by atoms with van der Waals surface area (Å²) in [6.45, 7) is 6.09. The lowest BCUT2D eigenvalue weighted by molar-refractivity contribution is 0.0281. The van der Waals surface area contributed by atoms with E-state index in [2.05, 4.69) is 46.2 Å². The predicted molar refractivity (Wildman–Crippen MR) is 146 cm³/mol. The molecule has 7 nitrogen and oxygen atoms in total. The summed E-state index contributed by atoms with van der Waals surface area (Å²) in [4.78, 5) is 18.2. The molecule has 0 radical (unpaired) electrons. The highest BCUT2D eigenvalue weighted by atomic mass is 16.5. The van der Waals surface area contributed by atoms with E-state index < -0.39 is 5.97 Å². The van der Waals surface area contributed by atoms with Gasteiger partial charge in [0.2, 0.25) is 0 Å². The van der Waals surface area contributed by atoms with Crippen LogP contribution >= 0.6 is 0 Å². The Morgan fingerprint density at radius 3 is 2.58 bits per heavy atom. The van der Waals surface area contributed by atoms with Gasteiger partial charge in [-0.15, -0.1) is 0 Å². The summed E-state index contributed by atoms with van der Waals surface area (Å²) >= 11 is 0. The zero-order valence-corrected chi connectivity index (χ0v) is 22.1. The number of benzene rings is 1. The molecule has 2 saturated carbocycles. The average Bonchev–Trinajstić information content (AvgIpc) is 3.58. The van der Waals surface area contributed by atoms with Gasteiger partial charge in [-0.25, -0.2) is 9.78 Å². The van der Waals surface area contributed by atoms with Crippen molar-refractivity contribution in [2.45, 2.75) is 64.7 Å². The first-order valence-electron chi connectivity index (χ1n) is 13.9. The number of hydrogen-bond donors (Lipinski definition) is 1. The number of carboxylic acids is 1. The van der Waals surface area contributed by atoms with Crippen molar-refractivity contribution in [3.63, 3.8) is 0 Å². The molecule has 7 heteroatoms. The second kappa shape index (κ2) is 8.72. The summed E-state index contributed by atoms with van der Waals surface area (Å²) in [7, 11) is 0. The van der Waals surface area contributed by atoms with Crippen LogP contribution in [0.1, 0.15) is 77.6 Å². The smallest absolute Gasteiger partial charge is 0.356 e. The maximum absolute atomic E-state index is 11.5. The molecular weight excluding hydrogens is 476 g/mol. The van der Waals surface area contributed by atoms with Gasteiger partial charge in [0.1, 0.15) is 17.3 Å². The molecule has 1 aromatic carbocycles. The topological polar surface area (TPSA) is 83.9 Å². The standard InChI is InChI=1S/C31H34N4O3/c1-19-5-3-4-6-24(19)27-25(29(38-33-27)22-7-8-22)15-21-16-31(17-21)11-13-34(14-12-31)23-9-10-26-28(30(36)37)32-20(2)35(26)18-23/h3-6,9-10,18,21-22H,7-8,11-17H2,1-2H3,(H,36,37). The van der Waals surface area contributed by atoms with Crippen molar-refractivity contribution >= 4 is 17.2 Å². The fourth-order valence-electron chi connectivity index (χ4n) is 7.05. The Morgan fingerprint density at radius 1 is 1.11 bits per heavy atom. The number of aromatic nitrogens is 3. The number of imidazole rings is 1. The molecule has 0 atom stereocenters. The second-order valence-electron chi connectivity index (χ2n) is 11.9. The fourth-order valence-corrected chi connectivity index (χ4v) is 7.05. The summed E-state index contributed by atoms with van der Waals surface area (Å²) in [5, 5.41) is 14.0. The van der Waals surface area contributed by atoms with Crippen LogP contribution in [-0.2, 0) is 6.42 Å². The lowest BCUT2D eigenvalue weighted by Crippen LogP contribution is -2.47. The van der Waals surface area contributed by atoms with E-state index >= 15 is 0 Å². The Balaban J connectivity index is 1.03. The Hall–Kier alpha value is -3.61. The molecule has 3 aromatic heterocycles. The Morgan fingerprint density at radius 2 is 1.87 bits per heavy atom. The maximum Gasteiger partial charge on any atom is 0.356 e. The molecule has 1 aliphatic heterocycles. The van der Waals surface area contributed by atoms with E-state index in [1.807, 2.05) is 29.7 Å². The molecule has 0 bridgehead atoms. The Kier molecular flexibility index (Phi) is 5.39. The normalized spacial score (nSPS) is 19.3. The van der Waals surface area contributed by atoms with Crippen LogP contribution in [0.4, 0.5) is 5.69 Å². The molecule has 1 N–H and O–H groups in total. The van der Waals surface area contributed by atoms with Gasteiger partial charge in [-0.1, -0.05) is 29.4 Å². The van der Waals surface area contributed by atoms with Crippen LogP contribution in [0.15, 0.2) is 47.1 Å². The van der Waals surface area contributed by atoms with E-state index in [1.54, 1.807) is 0 Å². The van der Waals surface area contributed by atoms with Crippen molar-refractivity contribution in [1.82, 2.24) is 14.5 Å². The van der Waals surface area contributed by atoms with Crippen molar-refractivity contribution in [3.8, 4) is 11.3 Å². The molecule has 0 amide bonds. The second-order valence-corrected chi connectivity index (χ2v) is 11.9. The Bertz CT molecular complexity index is 1530. The molecule has 7 rings (SSSR count). The molecule has 4 heterocycles. The molecule has 3 fully saturated rings. The minimum Gasteiger partial charge on any atom is -0.476 e. The van der Waals surface area contributed by atoms with E-state index in [9.17, 15) is 9.90 Å². The molecular formula is C31H34N4O3. The number of carbonyl (C=O) groups is 1. The van der Waals surface area contributed by atoms with Crippen LogP contribution < -0.4 is 4.90 Å². The third kappa shape index (κ3) is 3.91. The van der Waals surface area contributed by atoms with Crippen molar-refractivity contribution in [3.05, 3.63) is 71.0 Å². The lowest BCUT2D eigenvalue weighted by Gasteiger charge is -2.53. The third-order valence-electron chi connectivity index (χ3n) is 9.29. The molecule has 196 valence electrons. The zero-order chi connectivity index (χ0) is 26.0. The van der Waals surface area contributed by atoms with Gasteiger partial charge in [0.25, 0.3) is 0 Å². The molecule has 2 aliphatic carbocycles. The zero-order valence-electron chi connectivity index (χ0n) is 22.1. The molecule has 0 unspecified atom stereocenters. The van der Waals surface area contributed by atoms with Gasteiger partial charge >= 0.3 is 5.97 Å². The van der Waals surface area contributed by atoms with E-state index in [0.717, 1.165) is 36.7 Å². The minimum absolute atomic E-state index is 0.121. The number of pyridine rings is 1. The van der Waals surface area contributed by atoms with Crippen LogP contribution in [0.5, 0.6) is 0 Å². The first-order valence-corrected chi connectivity index (χ1v) is 13.9. The molecule has 1 saturated heterocycles. The molecule has 4 aromatic rings. The van der Waals surface area contributed by atoms with E-state index in [0.29, 0.717) is 28.6 Å². The van der Waals surface area contributed by atoms with Gasteiger partial charge in [-0.05, 0) is 87.8 Å². The van der Waals surface area contributed by atoms with Crippen LogP contribution in [0, 0.1) is 25.2 Å². The maximum atomic E-state index is 11.5. The predicted octanol–water partition coefficient (Wildman–Crippen LogP) is 6.42. The third-order valence-corrected chi connectivity index (χ3v) is 9.29. The van der Waals surface area contributed by atoms with Crippen LogP contribution in [-0.4, -0.2) is 38.7 Å². The van der Waals surface area contributed by atoms with Gasteiger partial charge < -0.3 is 18.9 Å². The number of rotatable bonds is 6. The number of nitrogens with zero attached hydrogens (tertiary/aromatic N) is 4. The summed E-state index contributed by atoms with van der Waals surface area (Å²) in [6.07, 6.45) is 10.5. The van der Waals surface area contributed by atoms with Crippen LogP contribution in [0.3, 0.4) is 0 Å². The van der Waals surface area contributed by atoms with Gasteiger partial charge in [-0.3, -0.25) is 0 Å². The van der Waals surface area contributed by atoms with Crippen LogP contribution in [0.25, 0.3) is 16.8 Å². The number of piperidine rings is 1. The number of aromatic carboxylic acids is 1. The van der Waals surface area contributed by atoms with Gasteiger partial charge in [0.15, 0.2) is 5.69 Å². The summed E-state index contributed by atoms with van der Waals surface area (Å²) < 4.78 is 7.86. The average molecular weight is 511 g/mol. The van der Waals surface area contributed by atoms with Gasteiger partial charge in [-0.2, -0.15) is 0 Å². The van der Waals surface area contributed by atoms with Crippen molar-refractivity contribution < 1.29 is 14.4 Å². The van der Waals surface area contributed by atoms with Gasteiger partial charge in [0.05, 0.1) is 11.2 Å². The summed E-state index contributed by atoms with van der Waals surface area (Å²) in [5.41, 5.74) is 7.26. The number of anilines is 1. The highest BCUT2D eigenvalue weighted by Crippen LogP contribution is 2.55. The molecule has 3 aliphatic rings. The van der Waals surface area contributed by atoms with E-state index in [-0.39, 0.29) is 5.69 Å². The largest absolute Gasteiger partial charge is 0.476 e. The van der Waals surface area contributed by atoms with E-state index in [4.69, 9.17) is 4.52 Å². The van der Waals surface area contributed by atoms with E-state index in [1.165, 1.54) is 55.2 Å². The SMILES string of the molecule is Cc1ccccc1-c1noc(C2CC2)c1CC1CC2(CCN(c3ccc4c(C(=O)O)nc(C)n4c3)CC2)C1. The minimum atomic E-state index is -0.982. The van der Waals surface area contributed by atoms with Gasteiger partial charge in [0, 0.05) is 36.3 Å². The first kappa shape index (κ1) is 23.5. The molecule has 1 spiro atoms. The number of hydrogen-bond acceptors (Lipinski definition) is 5. The highest BCUT2D eigenvalue weighted by molar-refractivity contribution is 5.94. The fraction of sp³-hybridized carbons (Fsp3) is 0.452. The monoisotopic (exact) mass is 510 g/mol. The number of carboxylic acid groups (broad SMARTS) is 1. The summed E-state index contributed by atoms with van der Waals surface area (Å²) in [6, 6.07) is 12.5. The number of fused-ring (bicyclic) bond motifs is 1. The lowest BCUT2D eigenvalue weighted by atomic mass is 9.56. The van der Waals surface area contributed by atoms with Crippen molar-refractivity contribution in [1.29, 1.82) is 0 Å². The molecule has 38 heavy (non-hydrogen) atoms. The first-order chi connectivity index (χ1) is 18.4. The number of aryl methyl sites for hydroxylation is 2. The van der Waals surface area contributed by atoms with Crippen molar-refractivity contribution in [2.75, 3.05) is 18.0 Å². The van der Waals surface area contributed by atoms with Crippen molar-refractivity contribution in [2.24, 2.45) is 11.3 Å². The Labute approximate surface area is 222 Å².